The molecule has 5 heteroatoms. The summed E-state index contributed by atoms with van der Waals surface area (Å²) in [7, 11) is 0. The molecule has 1 aliphatic carbocycles. The highest BCUT2D eigenvalue weighted by Crippen LogP contribution is 2.29. The zero-order valence-electron chi connectivity index (χ0n) is 12.1. The molecule has 1 fully saturated rings. The molecule has 0 aromatic carbocycles. The minimum absolute atomic E-state index is 0.0258. The molecule has 0 aromatic heterocycles. The predicted octanol–water partition coefficient (Wildman–Crippen LogP) is 2.36. The van der Waals surface area contributed by atoms with E-state index < -0.39 is 5.97 Å². The Hall–Kier alpha value is -1.26. The number of carboxylic acid groups (broad SMARTS) is 1. The van der Waals surface area contributed by atoms with Gasteiger partial charge in [-0.2, -0.15) is 0 Å². The first-order valence-electron chi connectivity index (χ1n) is 7.21. The van der Waals surface area contributed by atoms with Crippen LogP contribution < -0.4 is 10.6 Å². The molecule has 2 amide bonds. The molecule has 5 nitrogen and oxygen atoms in total. The first kappa shape index (κ1) is 15.8. The Morgan fingerprint density at radius 2 is 1.95 bits per heavy atom. The van der Waals surface area contributed by atoms with Crippen molar-refractivity contribution in [3.8, 4) is 0 Å². The summed E-state index contributed by atoms with van der Waals surface area (Å²) in [5.41, 5.74) is 0. The highest BCUT2D eigenvalue weighted by Gasteiger charge is 2.26. The van der Waals surface area contributed by atoms with Crippen LogP contribution in [0.15, 0.2) is 0 Å². The summed E-state index contributed by atoms with van der Waals surface area (Å²) in [6.45, 7) is 6.34. The predicted molar refractivity (Wildman–Crippen MR) is 74.0 cm³/mol. The first-order chi connectivity index (χ1) is 8.92. The lowest BCUT2D eigenvalue weighted by Gasteiger charge is -2.32. The topological polar surface area (TPSA) is 78.4 Å². The van der Waals surface area contributed by atoms with Gasteiger partial charge in [-0.05, 0) is 37.5 Å². The van der Waals surface area contributed by atoms with Crippen molar-refractivity contribution in [1.29, 1.82) is 0 Å². The third kappa shape index (κ3) is 5.49. The standard InChI is InChI=1S/C14H26N2O3/c1-4-11(8-13(17)18)15-14(19)16-12-6-5-9(2)10(3)7-12/h9-12H,4-8H2,1-3H3,(H,17,18)(H2,15,16,19). The molecule has 0 spiro atoms. The van der Waals surface area contributed by atoms with E-state index in [1.54, 1.807) is 0 Å². The highest BCUT2D eigenvalue weighted by atomic mass is 16.4. The molecule has 4 unspecified atom stereocenters. The van der Waals surface area contributed by atoms with Crippen molar-refractivity contribution >= 4 is 12.0 Å². The maximum absolute atomic E-state index is 11.8. The van der Waals surface area contributed by atoms with Crippen LogP contribution in [0.5, 0.6) is 0 Å². The summed E-state index contributed by atoms with van der Waals surface area (Å²) in [6.07, 6.45) is 3.75. The van der Waals surface area contributed by atoms with Gasteiger partial charge in [0.05, 0.1) is 6.42 Å². The van der Waals surface area contributed by atoms with Gasteiger partial charge in [0.15, 0.2) is 0 Å². The van der Waals surface area contributed by atoms with E-state index in [1.165, 1.54) is 0 Å². The first-order valence-corrected chi connectivity index (χ1v) is 7.21. The van der Waals surface area contributed by atoms with Crippen molar-refractivity contribution in [3.05, 3.63) is 0 Å². The number of hydrogen-bond donors (Lipinski definition) is 3. The Labute approximate surface area is 115 Å². The Kier molecular flexibility index (Phi) is 6.12. The maximum Gasteiger partial charge on any atom is 0.315 e. The average molecular weight is 270 g/mol. The van der Waals surface area contributed by atoms with Crippen molar-refractivity contribution in [1.82, 2.24) is 10.6 Å². The zero-order chi connectivity index (χ0) is 14.4. The number of amides is 2. The second-order valence-corrected chi connectivity index (χ2v) is 5.79. The molecule has 1 saturated carbocycles. The maximum atomic E-state index is 11.8. The minimum Gasteiger partial charge on any atom is -0.481 e. The Balaban J connectivity index is 2.36. The summed E-state index contributed by atoms with van der Waals surface area (Å²) in [4.78, 5) is 22.5. The average Bonchev–Trinajstić information content (AvgIpc) is 2.32. The normalized spacial score (nSPS) is 28.5. The minimum atomic E-state index is -0.882. The van der Waals surface area contributed by atoms with Crippen LogP contribution in [-0.4, -0.2) is 29.2 Å². The third-order valence-electron chi connectivity index (χ3n) is 4.18. The molecule has 4 atom stereocenters. The van der Waals surface area contributed by atoms with Gasteiger partial charge in [0.25, 0.3) is 0 Å². The molecular weight excluding hydrogens is 244 g/mol. The SMILES string of the molecule is CCC(CC(=O)O)NC(=O)NC1CCC(C)C(C)C1. The van der Waals surface area contributed by atoms with Crippen molar-refractivity contribution < 1.29 is 14.7 Å². The van der Waals surface area contributed by atoms with E-state index in [0.29, 0.717) is 12.3 Å². The van der Waals surface area contributed by atoms with Gasteiger partial charge in [-0.1, -0.05) is 20.8 Å². The van der Waals surface area contributed by atoms with Gasteiger partial charge in [-0.25, -0.2) is 4.79 Å². The van der Waals surface area contributed by atoms with E-state index >= 15 is 0 Å². The van der Waals surface area contributed by atoms with Crippen molar-refractivity contribution in [3.63, 3.8) is 0 Å². The van der Waals surface area contributed by atoms with E-state index in [4.69, 9.17) is 5.11 Å². The van der Waals surface area contributed by atoms with E-state index in [9.17, 15) is 9.59 Å². The molecule has 1 rings (SSSR count). The van der Waals surface area contributed by atoms with Crippen molar-refractivity contribution in [2.75, 3.05) is 0 Å². The molecule has 0 aromatic rings. The Bertz CT molecular complexity index is 320. The molecular formula is C14H26N2O3. The Morgan fingerprint density at radius 3 is 2.47 bits per heavy atom. The molecule has 19 heavy (non-hydrogen) atoms. The highest BCUT2D eigenvalue weighted by molar-refractivity contribution is 5.76. The molecule has 1 aliphatic rings. The number of aliphatic carboxylic acids is 1. The van der Waals surface area contributed by atoms with Gasteiger partial charge in [0.1, 0.15) is 0 Å². The summed E-state index contributed by atoms with van der Waals surface area (Å²) >= 11 is 0. The van der Waals surface area contributed by atoms with Crippen LogP contribution in [0.4, 0.5) is 4.79 Å². The number of urea groups is 1. The van der Waals surface area contributed by atoms with Crippen LogP contribution in [0, 0.1) is 11.8 Å². The fourth-order valence-corrected chi connectivity index (χ4v) is 2.60. The molecule has 0 radical (unpaired) electrons. The molecule has 0 heterocycles. The Morgan fingerprint density at radius 1 is 1.26 bits per heavy atom. The smallest absolute Gasteiger partial charge is 0.315 e. The summed E-state index contributed by atoms with van der Waals surface area (Å²) < 4.78 is 0. The van der Waals surface area contributed by atoms with Gasteiger partial charge >= 0.3 is 12.0 Å². The molecule has 3 N–H and O–H groups in total. The molecule has 110 valence electrons. The van der Waals surface area contributed by atoms with E-state index in [1.807, 2.05) is 6.92 Å². The largest absolute Gasteiger partial charge is 0.481 e. The number of carbonyl (C=O) groups is 2. The third-order valence-corrected chi connectivity index (χ3v) is 4.18. The summed E-state index contributed by atoms with van der Waals surface area (Å²) in [6, 6.07) is -0.314. The van der Waals surface area contributed by atoms with E-state index in [2.05, 4.69) is 24.5 Å². The van der Waals surface area contributed by atoms with Gasteiger partial charge in [-0.15, -0.1) is 0 Å². The van der Waals surface area contributed by atoms with Crippen LogP contribution in [0.25, 0.3) is 0 Å². The van der Waals surface area contributed by atoms with Crippen molar-refractivity contribution in [2.24, 2.45) is 11.8 Å². The number of rotatable bonds is 5. The number of carbonyl (C=O) groups excluding carboxylic acids is 1. The molecule has 0 bridgehead atoms. The van der Waals surface area contributed by atoms with Gasteiger partial charge < -0.3 is 15.7 Å². The van der Waals surface area contributed by atoms with Crippen LogP contribution in [0.3, 0.4) is 0 Å². The monoisotopic (exact) mass is 270 g/mol. The number of hydrogen-bond acceptors (Lipinski definition) is 2. The molecule has 0 saturated heterocycles. The van der Waals surface area contributed by atoms with Crippen molar-refractivity contribution in [2.45, 2.75) is 65.0 Å². The lowest BCUT2D eigenvalue weighted by molar-refractivity contribution is -0.137. The van der Waals surface area contributed by atoms with Crippen LogP contribution in [0.1, 0.15) is 52.9 Å². The lowest BCUT2D eigenvalue weighted by atomic mass is 9.79. The second kappa shape index (κ2) is 7.36. The number of carboxylic acids is 1. The fraction of sp³-hybridized carbons (Fsp3) is 0.857. The summed E-state index contributed by atoms with van der Waals surface area (Å²) in [5, 5.41) is 14.4. The molecule has 0 aliphatic heterocycles. The quantitative estimate of drug-likeness (QED) is 0.717. The van der Waals surface area contributed by atoms with Gasteiger partial charge in [-0.3, -0.25) is 4.79 Å². The summed E-state index contributed by atoms with van der Waals surface area (Å²) in [5.74, 6) is 0.462. The fourth-order valence-electron chi connectivity index (χ4n) is 2.60. The van der Waals surface area contributed by atoms with Crippen LogP contribution in [-0.2, 0) is 4.79 Å². The van der Waals surface area contributed by atoms with E-state index in [0.717, 1.165) is 25.2 Å². The zero-order valence-corrected chi connectivity index (χ0v) is 12.1. The van der Waals surface area contributed by atoms with Crippen LogP contribution in [0.2, 0.25) is 0 Å². The lowest BCUT2D eigenvalue weighted by Crippen LogP contribution is -2.48. The van der Waals surface area contributed by atoms with Gasteiger partial charge in [0.2, 0.25) is 0 Å². The second-order valence-electron chi connectivity index (χ2n) is 5.79. The van der Waals surface area contributed by atoms with Crippen LogP contribution >= 0.6 is 0 Å². The van der Waals surface area contributed by atoms with Gasteiger partial charge in [0, 0.05) is 12.1 Å². The van der Waals surface area contributed by atoms with E-state index in [-0.39, 0.29) is 24.5 Å². The number of nitrogens with one attached hydrogen (secondary N) is 2.